The molecule has 0 atom stereocenters. The summed E-state index contributed by atoms with van der Waals surface area (Å²) in [4.78, 5) is 7.08. The molecule has 2 heterocycles. The molecule has 1 saturated carbocycles. The van der Waals surface area contributed by atoms with Crippen LogP contribution in [0.2, 0.25) is 0 Å². The third kappa shape index (κ3) is 2.80. The zero-order chi connectivity index (χ0) is 13.2. The summed E-state index contributed by atoms with van der Waals surface area (Å²) in [6, 6.07) is 5.02. The number of pyridine rings is 1. The van der Waals surface area contributed by atoms with Gasteiger partial charge in [-0.2, -0.15) is 11.3 Å². The Morgan fingerprint density at radius 2 is 2.26 bits per heavy atom. The lowest BCUT2D eigenvalue weighted by Crippen LogP contribution is -2.26. The molecule has 2 N–H and O–H groups in total. The van der Waals surface area contributed by atoms with Gasteiger partial charge in [-0.25, -0.2) is 4.98 Å². The van der Waals surface area contributed by atoms with Crippen molar-refractivity contribution in [2.75, 3.05) is 4.90 Å². The van der Waals surface area contributed by atoms with E-state index in [0.29, 0.717) is 12.6 Å². The van der Waals surface area contributed by atoms with Crippen LogP contribution in [0.5, 0.6) is 0 Å². The SMILES string of the molecule is Cc1cc(CN)cnc1N(Cc1ccsc1)C1CC1. The molecule has 2 aromatic heterocycles. The number of hydrogen-bond donors (Lipinski definition) is 1. The van der Waals surface area contributed by atoms with E-state index in [0.717, 1.165) is 17.9 Å². The topological polar surface area (TPSA) is 42.1 Å². The van der Waals surface area contributed by atoms with Crippen molar-refractivity contribution in [3.63, 3.8) is 0 Å². The van der Waals surface area contributed by atoms with Gasteiger partial charge in [-0.05, 0) is 59.3 Å². The van der Waals surface area contributed by atoms with Gasteiger partial charge in [-0.1, -0.05) is 0 Å². The van der Waals surface area contributed by atoms with Crippen LogP contribution in [-0.2, 0) is 13.1 Å². The van der Waals surface area contributed by atoms with Crippen LogP contribution in [0.25, 0.3) is 0 Å². The molecule has 1 fully saturated rings. The molecule has 0 bridgehead atoms. The summed E-state index contributed by atoms with van der Waals surface area (Å²) >= 11 is 1.76. The summed E-state index contributed by atoms with van der Waals surface area (Å²) < 4.78 is 0. The smallest absolute Gasteiger partial charge is 0.131 e. The van der Waals surface area contributed by atoms with Crippen LogP contribution >= 0.6 is 11.3 Å². The number of hydrogen-bond acceptors (Lipinski definition) is 4. The van der Waals surface area contributed by atoms with E-state index in [-0.39, 0.29) is 0 Å². The third-order valence-corrected chi connectivity index (χ3v) is 4.27. The number of rotatable bonds is 5. The predicted molar refractivity (Wildman–Crippen MR) is 80.4 cm³/mol. The maximum Gasteiger partial charge on any atom is 0.131 e. The summed E-state index contributed by atoms with van der Waals surface area (Å²) in [5.41, 5.74) is 9.38. The number of nitrogens with zero attached hydrogens (tertiary/aromatic N) is 2. The van der Waals surface area contributed by atoms with Gasteiger partial charge in [0.05, 0.1) is 0 Å². The van der Waals surface area contributed by atoms with Crippen molar-refractivity contribution in [2.24, 2.45) is 5.73 Å². The van der Waals surface area contributed by atoms with E-state index >= 15 is 0 Å². The van der Waals surface area contributed by atoms with Gasteiger partial charge in [-0.3, -0.25) is 0 Å². The minimum Gasteiger partial charge on any atom is -0.349 e. The average Bonchev–Trinajstić information content (AvgIpc) is 3.14. The van der Waals surface area contributed by atoms with Gasteiger partial charge in [0, 0.05) is 25.3 Å². The van der Waals surface area contributed by atoms with Gasteiger partial charge in [0.1, 0.15) is 5.82 Å². The van der Waals surface area contributed by atoms with Gasteiger partial charge in [0.2, 0.25) is 0 Å². The Morgan fingerprint density at radius 3 is 2.84 bits per heavy atom. The first-order valence-corrected chi connectivity index (χ1v) is 7.65. The Bertz CT molecular complexity index is 547. The lowest BCUT2D eigenvalue weighted by molar-refractivity contribution is 0.774. The van der Waals surface area contributed by atoms with Crippen LogP contribution < -0.4 is 10.6 Å². The first-order chi connectivity index (χ1) is 9.28. The highest BCUT2D eigenvalue weighted by atomic mass is 32.1. The second-order valence-electron chi connectivity index (χ2n) is 5.18. The van der Waals surface area contributed by atoms with Crippen LogP contribution in [0.15, 0.2) is 29.1 Å². The Labute approximate surface area is 118 Å². The molecule has 0 unspecified atom stereocenters. The van der Waals surface area contributed by atoms with Crippen molar-refractivity contribution in [3.05, 3.63) is 45.8 Å². The molecule has 3 rings (SSSR count). The van der Waals surface area contributed by atoms with E-state index in [1.54, 1.807) is 11.3 Å². The van der Waals surface area contributed by atoms with Gasteiger partial charge in [-0.15, -0.1) is 0 Å². The molecule has 0 radical (unpaired) electrons. The highest BCUT2D eigenvalue weighted by Crippen LogP contribution is 2.34. The van der Waals surface area contributed by atoms with Gasteiger partial charge < -0.3 is 10.6 Å². The highest BCUT2D eigenvalue weighted by Gasteiger charge is 2.30. The normalized spacial score (nSPS) is 14.6. The summed E-state index contributed by atoms with van der Waals surface area (Å²) in [5.74, 6) is 1.12. The summed E-state index contributed by atoms with van der Waals surface area (Å²) in [6.45, 7) is 3.65. The highest BCUT2D eigenvalue weighted by molar-refractivity contribution is 7.07. The average molecular weight is 273 g/mol. The minimum atomic E-state index is 0.558. The van der Waals surface area contributed by atoms with Crippen molar-refractivity contribution in [2.45, 2.75) is 38.9 Å². The number of anilines is 1. The fourth-order valence-electron chi connectivity index (χ4n) is 2.38. The molecule has 3 nitrogen and oxygen atoms in total. The maximum atomic E-state index is 5.67. The molecular formula is C15H19N3S. The Balaban J connectivity index is 1.87. The second-order valence-corrected chi connectivity index (χ2v) is 5.96. The Kier molecular flexibility index (Phi) is 3.53. The lowest BCUT2D eigenvalue weighted by Gasteiger charge is -2.25. The summed E-state index contributed by atoms with van der Waals surface area (Å²) in [5, 5.41) is 4.36. The molecule has 19 heavy (non-hydrogen) atoms. The fraction of sp³-hybridized carbons (Fsp3) is 0.400. The first-order valence-electron chi connectivity index (χ1n) is 6.71. The molecule has 0 saturated heterocycles. The van der Waals surface area contributed by atoms with Crippen LogP contribution in [0.3, 0.4) is 0 Å². The van der Waals surface area contributed by atoms with Gasteiger partial charge in [0.15, 0.2) is 0 Å². The summed E-state index contributed by atoms with van der Waals surface area (Å²) in [7, 11) is 0. The van der Waals surface area contributed by atoms with Crippen molar-refractivity contribution in [1.82, 2.24) is 4.98 Å². The molecule has 0 aliphatic heterocycles. The van der Waals surface area contributed by atoms with Crippen molar-refractivity contribution >= 4 is 17.2 Å². The van der Waals surface area contributed by atoms with E-state index in [4.69, 9.17) is 5.73 Å². The fourth-order valence-corrected chi connectivity index (χ4v) is 3.04. The molecule has 0 amide bonds. The number of aromatic nitrogens is 1. The zero-order valence-electron chi connectivity index (χ0n) is 11.2. The molecule has 0 spiro atoms. The van der Waals surface area contributed by atoms with Crippen LogP contribution in [-0.4, -0.2) is 11.0 Å². The molecule has 2 aromatic rings. The lowest BCUT2D eigenvalue weighted by atomic mass is 10.2. The Hall–Kier alpha value is -1.39. The monoisotopic (exact) mass is 273 g/mol. The van der Waals surface area contributed by atoms with Crippen molar-refractivity contribution < 1.29 is 0 Å². The van der Waals surface area contributed by atoms with Crippen LogP contribution in [0, 0.1) is 6.92 Å². The molecule has 1 aliphatic rings. The first kappa shape index (κ1) is 12.6. The number of aryl methyl sites for hydroxylation is 1. The molecule has 0 aromatic carbocycles. The van der Waals surface area contributed by atoms with Crippen LogP contribution in [0.4, 0.5) is 5.82 Å². The van der Waals surface area contributed by atoms with Gasteiger partial charge in [0.25, 0.3) is 0 Å². The van der Waals surface area contributed by atoms with E-state index in [1.807, 2.05) is 6.20 Å². The van der Waals surface area contributed by atoms with Crippen LogP contribution in [0.1, 0.15) is 29.5 Å². The van der Waals surface area contributed by atoms with E-state index in [2.05, 4.69) is 39.7 Å². The van der Waals surface area contributed by atoms with E-state index < -0.39 is 0 Å². The molecule has 4 heteroatoms. The maximum absolute atomic E-state index is 5.67. The van der Waals surface area contributed by atoms with Crippen molar-refractivity contribution in [3.8, 4) is 0 Å². The van der Waals surface area contributed by atoms with Gasteiger partial charge >= 0.3 is 0 Å². The van der Waals surface area contributed by atoms with E-state index in [1.165, 1.54) is 24.0 Å². The minimum absolute atomic E-state index is 0.558. The molecule has 100 valence electrons. The predicted octanol–water partition coefficient (Wildman–Crippen LogP) is 3.08. The number of nitrogens with two attached hydrogens (primary N) is 1. The largest absolute Gasteiger partial charge is 0.349 e. The van der Waals surface area contributed by atoms with E-state index in [9.17, 15) is 0 Å². The Morgan fingerprint density at radius 1 is 1.42 bits per heavy atom. The standard InChI is InChI=1S/C15H19N3S/c1-11-6-13(7-16)8-17-15(11)18(14-2-3-14)9-12-4-5-19-10-12/h4-6,8,10,14H,2-3,7,9,16H2,1H3. The summed E-state index contributed by atoms with van der Waals surface area (Å²) in [6.07, 6.45) is 4.47. The quantitative estimate of drug-likeness (QED) is 0.910. The zero-order valence-corrected chi connectivity index (χ0v) is 12.0. The number of thiophene rings is 1. The van der Waals surface area contributed by atoms with Crippen molar-refractivity contribution in [1.29, 1.82) is 0 Å². The molecule has 1 aliphatic carbocycles. The molecular weight excluding hydrogens is 254 g/mol. The second kappa shape index (κ2) is 5.31. The third-order valence-electron chi connectivity index (χ3n) is 3.54.